The number of esters is 1. The van der Waals surface area contributed by atoms with E-state index >= 15 is 0 Å². The molecular formula is C79H90N2O15. The third-order valence-electron chi connectivity index (χ3n) is 16.3. The molecule has 0 unspecified atom stereocenters. The molecule has 17 nitrogen and oxygen atoms in total. The van der Waals surface area contributed by atoms with Crippen LogP contribution in [0, 0.1) is 0 Å². The monoisotopic (exact) mass is 1310 g/mol. The molecule has 0 aromatic heterocycles. The molecule has 2 fully saturated rings. The summed E-state index contributed by atoms with van der Waals surface area (Å²) in [4.78, 5) is 27.7. The van der Waals surface area contributed by atoms with Crippen LogP contribution in [0.4, 0.5) is 4.79 Å². The fourth-order valence-electron chi connectivity index (χ4n) is 11.4. The van der Waals surface area contributed by atoms with E-state index in [9.17, 15) is 9.59 Å². The van der Waals surface area contributed by atoms with Gasteiger partial charge in [-0.1, -0.05) is 243 Å². The van der Waals surface area contributed by atoms with Crippen LogP contribution in [0.5, 0.6) is 0 Å². The Kier molecular flexibility index (Phi) is 27.7. The number of rotatable bonds is 35. The molecule has 2 saturated heterocycles. The molecule has 0 radical (unpaired) electrons. The molecule has 8 aromatic carbocycles. The summed E-state index contributed by atoms with van der Waals surface area (Å²) < 4.78 is 90.3. The zero-order chi connectivity index (χ0) is 66.6. The standard InChI is InChI=1S/C79H90N2O15/c1-79(2,3)96-75(82)66(81-78(83)91-54-64-42-26-11-27-43-64)45-44-65(46-80)92-77-74(72(89-52-62-38-22-9-23-39-62)70(87-50-60-34-18-7-19-35-60)68(94-77)56-85-48-58-30-14-5-15-31-58)95-76-73(90-53-63-40-24-10-25-41-63)71(88-51-61-36-20-8-21-37-61)69(86-49-59-32-16-6-17-33-59)67(93-76)55-84-47-57-28-12-4-13-29-57/h4-43,65-74,76-77H,44-56,80H2,1-3H3,(H,81,83)/t65-,66-,67+,68+,69+,70-,71-,72-,73+,74+,76+,77+/m0/s1. The maximum absolute atomic E-state index is 14.1. The van der Waals surface area contributed by atoms with Crippen molar-refractivity contribution in [2.45, 2.75) is 166 Å². The molecule has 12 atom stereocenters. The van der Waals surface area contributed by atoms with Crippen molar-refractivity contribution < 1.29 is 71.2 Å². The predicted molar refractivity (Wildman–Crippen MR) is 362 cm³/mol. The van der Waals surface area contributed by atoms with Gasteiger partial charge in [-0.15, -0.1) is 0 Å². The number of hydrogen-bond donors (Lipinski definition) is 2. The van der Waals surface area contributed by atoms with E-state index in [-0.39, 0.29) is 85.5 Å². The number of carbonyl (C=O) groups excluding carboxylic acids is 2. The summed E-state index contributed by atoms with van der Waals surface area (Å²) in [5, 5.41) is 2.77. The number of hydrogen-bond acceptors (Lipinski definition) is 16. The van der Waals surface area contributed by atoms with Gasteiger partial charge in [0.2, 0.25) is 0 Å². The van der Waals surface area contributed by atoms with Crippen LogP contribution in [0.2, 0.25) is 0 Å². The summed E-state index contributed by atoms with van der Waals surface area (Å²) in [6.07, 6.45) is -11.7. The van der Waals surface area contributed by atoms with Gasteiger partial charge in [0, 0.05) is 6.54 Å². The van der Waals surface area contributed by atoms with Crippen molar-refractivity contribution in [1.29, 1.82) is 0 Å². The van der Waals surface area contributed by atoms with Crippen LogP contribution in [0.25, 0.3) is 0 Å². The second-order valence-corrected chi connectivity index (χ2v) is 24.9. The van der Waals surface area contributed by atoms with Crippen LogP contribution in [0.15, 0.2) is 243 Å². The number of nitrogens with two attached hydrogens (primary N) is 1. The molecule has 10 rings (SSSR count). The summed E-state index contributed by atoms with van der Waals surface area (Å²) in [5.41, 5.74) is 13.1. The Balaban J connectivity index is 1.06. The molecule has 0 spiro atoms. The number of ether oxygens (including phenoxy) is 13. The molecule has 0 bridgehead atoms. The van der Waals surface area contributed by atoms with Crippen LogP contribution in [-0.2, 0) is 119 Å². The van der Waals surface area contributed by atoms with Crippen LogP contribution in [0.1, 0.15) is 78.1 Å². The first kappa shape index (κ1) is 70.8. The van der Waals surface area contributed by atoms with Crippen molar-refractivity contribution in [2.75, 3.05) is 19.8 Å². The second-order valence-electron chi connectivity index (χ2n) is 24.9. The molecule has 0 saturated carbocycles. The molecule has 2 heterocycles. The van der Waals surface area contributed by atoms with E-state index in [1.165, 1.54) is 0 Å². The van der Waals surface area contributed by atoms with Gasteiger partial charge in [0.1, 0.15) is 67.1 Å². The van der Waals surface area contributed by atoms with E-state index in [4.69, 9.17) is 67.3 Å². The Morgan fingerprint density at radius 3 is 1.09 bits per heavy atom. The summed E-state index contributed by atoms with van der Waals surface area (Å²) in [6.45, 7) is 6.58. The minimum absolute atomic E-state index is 0.0198. The first-order valence-corrected chi connectivity index (χ1v) is 33.0. The van der Waals surface area contributed by atoms with Gasteiger partial charge in [0.05, 0.1) is 65.6 Å². The maximum Gasteiger partial charge on any atom is 0.408 e. The highest BCUT2D eigenvalue weighted by atomic mass is 16.8. The van der Waals surface area contributed by atoms with Gasteiger partial charge in [-0.3, -0.25) is 0 Å². The first-order valence-electron chi connectivity index (χ1n) is 33.0. The largest absolute Gasteiger partial charge is 0.458 e. The van der Waals surface area contributed by atoms with Crippen molar-refractivity contribution in [3.8, 4) is 0 Å². The molecule has 17 heteroatoms. The molecule has 8 aromatic rings. The van der Waals surface area contributed by atoms with Gasteiger partial charge < -0.3 is 72.6 Å². The molecular weight excluding hydrogens is 1220 g/mol. The van der Waals surface area contributed by atoms with Gasteiger partial charge in [-0.05, 0) is 78.1 Å². The highest BCUT2D eigenvalue weighted by Crippen LogP contribution is 2.38. The Bertz CT molecular complexity index is 3450. The summed E-state index contributed by atoms with van der Waals surface area (Å²) in [7, 11) is 0. The van der Waals surface area contributed by atoms with E-state index in [1.807, 2.05) is 243 Å². The zero-order valence-corrected chi connectivity index (χ0v) is 54.9. The Morgan fingerprint density at radius 1 is 0.406 bits per heavy atom. The molecule has 2 aliphatic rings. The molecule has 1 amide bonds. The molecule has 0 aliphatic carbocycles. The van der Waals surface area contributed by atoms with Crippen molar-refractivity contribution in [3.05, 3.63) is 287 Å². The number of nitrogens with one attached hydrogen (secondary N) is 1. The van der Waals surface area contributed by atoms with E-state index in [2.05, 4.69) is 5.32 Å². The Morgan fingerprint density at radius 2 is 0.729 bits per heavy atom. The third-order valence-corrected chi connectivity index (χ3v) is 16.3. The second kappa shape index (κ2) is 37.5. The fraction of sp³-hybridized carbons (Fsp3) is 0.367. The highest BCUT2D eigenvalue weighted by Gasteiger charge is 2.55. The molecule has 96 heavy (non-hydrogen) atoms. The normalized spacial score (nSPS) is 21.8. The average molecular weight is 1310 g/mol. The highest BCUT2D eigenvalue weighted by molar-refractivity contribution is 5.81. The Hall–Kier alpha value is -7.98. The van der Waals surface area contributed by atoms with E-state index in [0.29, 0.717) is 0 Å². The van der Waals surface area contributed by atoms with Crippen LogP contribution in [0.3, 0.4) is 0 Å². The van der Waals surface area contributed by atoms with Gasteiger partial charge in [-0.25, -0.2) is 9.59 Å². The minimum Gasteiger partial charge on any atom is -0.458 e. The fourth-order valence-corrected chi connectivity index (χ4v) is 11.4. The number of carbonyl (C=O) groups is 2. The van der Waals surface area contributed by atoms with Crippen molar-refractivity contribution in [2.24, 2.45) is 5.73 Å². The predicted octanol–water partition coefficient (Wildman–Crippen LogP) is 12.9. The maximum atomic E-state index is 14.1. The molecule has 3 N–H and O–H groups in total. The average Bonchev–Trinajstić information content (AvgIpc) is 0.771. The smallest absolute Gasteiger partial charge is 0.408 e. The van der Waals surface area contributed by atoms with Crippen LogP contribution < -0.4 is 11.1 Å². The summed E-state index contributed by atoms with van der Waals surface area (Å²) >= 11 is 0. The van der Waals surface area contributed by atoms with E-state index in [0.717, 1.165) is 44.5 Å². The van der Waals surface area contributed by atoms with E-state index < -0.39 is 91.2 Å². The summed E-state index contributed by atoms with van der Waals surface area (Å²) in [6, 6.07) is 77.3. The van der Waals surface area contributed by atoms with Crippen molar-refractivity contribution in [1.82, 2.24) is 5.32 Å². The zero-order valence-electron chi connectivity index (χ0n) is 54.9. The van der Waals surface area contributed by atoms with Crippen LogP contribution >= 0.6 is 0 Å². The van der Waals surface area contributed by atoms with Crippen LogP contribution in [-0.4, -0.2) is 111 Å². The van der Waals surface area contributed by atoms with Crippen molar-refractivity contribution in [3.63, 3.8) is 0 Å². The number of amides is 1. The SMILES string of the molecule is CC(C)(C)OC(=O)[C@H](CC[C@@H](CN)O[C@@H]1O[C@H](COCc2ccccc2)[C@H](OCc2ccccc2)[C@H](OCc2ccccc2)[C@H]1O[C@H]1O[C@H](COCc2ccccc2)[C@@H](OCc2ccccc2)[C@H](OCc2ccccc2)[C@H]1OCc1ccccc1)NC(=O)OCc1ccccc1. The molecule has 506 valence electrons. The van der Waals surface area contributed by atoms with Crippen molar-refractivity contribution >= 4 is 12.1 Å². The van der Waals surface area contributed by atoms with Gasteiger partial charge in [-0.2, -0.15) is 0 Å². The lowest BCUT2D eigenvalue weighted by Gasteiger charge is -2.50. The van der Waals surface area contributed by atoms with E-state index in [1.54, 1.807) is 20.8 Å². The lowest BCUT2D eigenvalue weighted by atomic mass is 9.95. The minimum atomic E-state index is -1.33. The lowest BCUT2D eigenvalue weighted by molar-refractivity contribution is -0.387. The van der Waals surface area contributed by atoms with Gasteiger partial charge in [0.15, 0.2) is 12.6 Å². The van der Waals surface area contributed by atoms with Gasteiger partial charge >= 0.3 is 12.1 Å². The van der Waals surface area contributed by atoms with Gasteiger partial charge in [0.25, 0.3) is 0 Å². The summed E-state index contributed by atoms with van der Waals surface area (Å²) in [5.74, 6) is -0.665. The first-order chi connectivity index (χ1) is 47.0. The number of benzene rings is 8. The molecule has 2 aliphatic heterocycles. The topological polar surface area (TPSA) is 192 Å². The number of alkyl carbamates (subject to hydrolysis) is 1. The quantitative estimate of drug-likeness (QED) is 0.0356. The Labute approximate surface area is 564 Å². The third kappa shape index (κ3) is 22.6. The lowest BCUT2D eigenvalue weighted by Crippen LogP contribution is -2.66.